The van der Waals surface area contributed by atoms with E-state index in [9.17, 15) is 39.5 Å². The highest BCUT2D eigenvalue weighted by molar-refractivity contribution is 6.45. The standard InChI is InChI=1S/C6H5F9N4/c7-4(8,9)2(5(10,11)12)1(18-16)3(19-17)6(13,14)15/h2H,16-17H2/b18-1-,19-3-. The van der Waals surface area contributed by atoms with E-state index in [1.54, 1.807) is 0 Å². The lowest BCUT2D eigenvalue weighted by atomic mass is 9.97. The minimum Gasteiger partial charge on any atom is -0.323 e. The minimum atomic E-state index is -6.10. The van der Waals surface area contributed by atoms with E-state index in [-0.39, 0.29) is 0 Å². The third-order valence-corrected chi connectivity index (χ3v) is 1.71. The number of nitrogens with two attached hydrogens (primary N) is 2. The zero-order valence-corrected chi connectivity index (χ0v) is 8.53. The molecule has 0 aromatic carbocycles. The highest BCUT2D eigenvalue weighted by Crippen LogP contribution is 2.41. The molecule has 0 fully saturated rings. The van der Waals surface area contributed by atoms with Crippen molar-refractivity contribution in [2.24, 2.45) is 27.8 Å². The summed E-state index contributed by atoms with van der Waals surface area (Å²) < 4.78 is 110. The fraction of sp³-hybridized carbons (Fsp3) is 0.667. The second-order valence-corrected chi connectivity index (χ2v) is 3.01. The first-order valence-electron chi connectivity index (χ1n) is 4.03. The van der Waals surface area contributed by atoms with Gasteiger partial charge in [-0.05, 0) is 0 Å². The lowest BCUT2D eigenvalue weighted by Crippen LogP contribution is -2.49. The van der Waals surface area contributed by atoms with Gasteiger partial charge in [0.1, 0.15) is 5.71 Å². The van der Waals surface area contributed by atoms with Crippen molar-refractivity contribution in [3.8, 4) is 0 Å². The van der Waals surface area contributed by atoms with Crippen LogP contribution in [0.3, 0.4) is 0 Å². The van der Waals surface area contributed by atoms with Crippen molar-refractivity contribution < 1.29 is 39.5 Å². The fourth-order valence-corrected chi connectivity index (χ4v) is 1.05. The molecular weight excluding hydrogens is 299 g/mol. The summed E-state index contributed by atoms with van der Waals surface area (Å²) in [5, 5.41) is 3.76. The Hall–Kier alpha value is -1.69. The molecule has 112 valence electrons. The molecular formula is C6H5F9N4. The van der Waals surface area contributed by atoms with Crippen molar-refractivity contribution >= 4 is 11.4 Å². The van der Waals surface area contributed by atoms with E-state index in [4.69, 9.17) is 0 Å². The lowest BCUT2D eigenvalue weighted by Gasteiger charge is -2.24. The van der Waals surface area contributed by atoms with Gasteiger partial charge in [-0.3, -0.25) is 0 Å². The van der Waals surface area contributed by atoms with E-state index in [1.807, 2.05) is 10.2 Å². The van der Waals surface area contributed by atoms with Crippen LogP contribution in [-0.2, 0) is 0 Å². The molecule has 0 aliphatic heterocycles. The van der Waals surface area contributed by atoms with Gasteiger partial charge in [-0.1, -0.05) is 0 Å². The van der Waals surface area contributed by atoms with E-state index in [1.165, 1.54) is 0 Å². The van der Waals surface area contributed by atoms with Gasteiger partial charge < -0.3 is 11.7 Å². The third-order valence-electron chi connectivity index (χ3n) is 1.71. The molecule has 0 spiro atoms. The fourth-order valence-electron chi connectivity index (χ4n) is 1.05. The summed E-state index contributed by atoms with van der Waals surface area (Å²) in [7, 11) is 0. The predicted molar refractivity (Wildman–Crippen MR) is 44.9 cm³/mol. The predicted octanol–water partition coefficient (Wildman–Crippen LogP) is 1.92. The van der Waals surface area contributed by atoms with Crippen molar-refractivity contribution in [2.45, 2.75) is 18.5 Å². The second-order valence-electron chi connectivity index (χ2n) is 3.01. The van der Waals surface area contributed by atoms with Crippen LogP contribution in [0, 0.1) is 5.92 Å². The van der Waals surface area contributed by atoms with Crippen LogP contribution in [-0.4, -0.2) is 30.0 Å². The summed E-state index contributed by atoms with van der Waals surface area (Å²) in [4.78, 5) is 0. The normalized spacial score (nSPS) is 16.1. The molecule has 4 N–H and O–H groups in total. The van der Waals surface area contributed by atoms with Crippen LogP contribution in [0.2, 0.25) is 0 Å². The van der Waals surface area contributed by atoms with Crippen LogP contribution in [0.1, 0.15) is 0 Å². The Morgan fingerprint density at radius 2 is 1.11 bits per heavy atom. The Bertz CT molecular complexity index is 360. The SMILES string of the molecule is N/N=C(\C(=N\N)C(F)(F)F)C(C(F)(F)F)C(F)(F)F. The first-order chi connectivity index (χ1) is 8.26. The number of rotatable bonds is 2. The monoisotopic (exact) mass is 304 g/mol. The molecule has 0 saturated heterocycles. The first kappa shape index (κ1) is 17.3. The van der Waals surface area contributed by atoms with Gasteiger partial charge in [-0.15, -0.1) is 0 Å². The molecule has 0 heterocycles. The number of hydrogen-bond donors (Lipinski definition) is 2. The van der Waals surface area contributed by atoms with Gasteiger partial charge in [0.2, 0.25) is 0 Å². The summed E-state index contributed by atoms with van der Waals surface area (Å²) in [5.74, 6) is 3.80. The smallest absolute Gasteiger partial charge is 0.323 e. The van der Waals surface area contributed by atoms with Crippen molar-refractivity contribution in [3.05, 3.63) is 0 Å². The molecule has 0 atom stereocenters. The summed E-state index contributed by atoms with van der Waals surface area (Å²) in [6.45, 7) is 0. The molecule has 0 rings (SSSR count). The molecule has 0 bridgehead atoms. The molecule has 0 aliphatic rings. The maximum atomic E-state index is 12.2. The lowest BCUT2D eigenvalue weighted by molar-refractivity contribution is -0.260. The molecule has 0 amide bonds. The van der Waals surface area contributed by atoms with Crippen molar-refractivity contribution in [2.75, 3.05) is 0 Å². The molecule has 0 aromatic rings. The third kappa shape index (κ3) is 4.17. The Morgan fingerprint density at radius 3 is 1.26 bits per heavy atom. The van der Waals surface area contributed by atoms with E-state index in [2.05, 4.69) is 11.7 Å². The minimum absolute atomic E-state index is 1.86. The maximum absolute atomic E-state index is 12.2. The van der Waals surface area contributed by atoms with Crippen LogP contribution >= 0.6 is 0 Å². The van der Waals surface area contributed by atoms with Crippen LogP contribution in [0.15, 0.2) is 10.2 Å². The number of halogens is 9. The van der Waals surface area contributed by atoms with Gasteiger partial charge >= 0.3 is 18.5 Å². The molecule has 0 saturated carbocycles. The Labute approximate surface area is 98.5 Å². The number of hydrazone groups is 2. The Balaban J connectivity index is 5.95. The zero-order valence-electron chi connectivity index (χ0n) is 8.53. The summed E-state index contributed by atoms with van der Waals surface area (Å²) in [5.41, 5.74) is -5.22. The molecule has 4 nitrogen and oxygen atoms in total. The Morgan fingerprint density at radius 1 is 0.737 bits per heavy atom. The first-order valence-corrected chi connectivity index (χ1v) is 4.03. The van der Waals surface area contributed by atoms with E-state index in [0.717, 1.165) is 0 Å². The van der Waals surface area contributed by atoms with Crippen molar-refractivity contribution in [3.63, 3.8) is 0 Å². The van der Waals surface area contributed by atoms with E-state index in [0.29, 0.717) is 0 Å². The second kappa shape index (κ2) is 5.13. The van der Waals surface area contributed by atoms with Crippen LogP contribution in [0.4, 0.5) is 39.5 Å². The van der Waals surface area contributed by atoms with E-state index < -0.39 is 35.9 Å². The van der Waals surface area contributed by atoms with Crippen LogP contribution in [0.5, 0.6) is 0 Å². The van der Waals surface area contributed by atoms with Gasteiger partial charge in [0.25, 0.3) is 0 Å². The van der Waals surface area contributed by atoms with E-state index >= 15 is 0 Å². The quantitative estimate of drug-likeness (QED) is 0.354. The highest BCUT2D eigenvalue weighted by atomic mass is 19.4. The molecule has 0 unspecified atom stereocenters. The summed E-state index contributed by atoms with van der Waals surface area (Å²) in [6.07, 6.45) is -17.9. The number of alkyl halides is 9. The molecule has 13 heteroatoms. The molecule has 0 aliphatic carbocycles. The van der Waals surface area contributed by atoms with Crippen LogP contribution in [0.25, 0.3) is 0 Å². The summed E-state index contributed by atoms with van der Waals surface area (Å²) in [6, 6.07) is 0. The van der Waals surface area contributed by atoms with Crippen LogP contribution < -0.4 is 11.7 Å². The van der Waals surface area contributed by atoms with Crippen molar-refractivity contribution in [1.29, 1.82) is 0 Å². The molecule has 0 aromatic heterocycles. The molecule has 0 radical (unpaired) electrons. The van der Waals surface area contributed by atoms with Gasteiger partial charge in [0.05, 0.1) is 0 Å². The van der Waals surface area contributed by atoms with Gasteiger partial charge in [0.15, 0.2) is 11.6 Å². The molecule has 19 heavy (non-hydrogen) atoms. The van der Waals surface area contributed by atoms with Gasteiger partial charge in [-0.2, -0.15) is 49.7 Å². The maximum Gasteiger partial charge on any atom is 0.436 e. The topological polar surface area (TPSA) is 76.8 Å². The van der Waals surface area contributed by atoms with Gasteiger partial charge in [-0.25, -0.2) is 0 Å². The Kier molecular flexibility index (Phi) is 4.67. The highest BCUT2D eigenvalue weighted by Gasteiger charge is 2.62. The van der Waals surface area contributed by atoms with Crippen molar-refractivity contribution in [1.82, 2.24) is 0 Å². The average Bonchev–Trinajstić information content (AvgIpc) is 2.10. The zero-order chi connectivity index (χ0) is 15.6. The van der Waals surface area contributed by atoms with Gasteiger partial charge in [0, 0.05) is 0 Å². The summed E-state index contributed by atoms with van der Waals surface area (Å²) >= 11 is 0. The largest absolute Gasteiger partial charge is 0.436 e. The average molecular weight is 304 g/mol. The number of nitrogens with zero attached hydrogens (tertiary/aromatic N) is 2. The number of hydrogen-bond acceptors (Lipinski definition) is 4.